The third-order valence-electron chi connectivity index (χ3n) is 2.59. The fourth-order valence-corrected chi connectivity index (χ4v) is 3.07. The highest BCUT2D eigenvalue weighted by Crippen LogP contribution is 2.30. The monoisotopic (exact) mass is 223 g/mol. The van der Waals surface area contributed by atoms with Crippen molar-refractivity contribution in [3.05, 3.63) is 23.0 Å². The van der Waals surface area contributed by atoms with Crippen LogP contribution in [-0.4, -0.2) is 27.0 Å². The quantitative estimate of drug-likeness (QED) is 0.745. The van der Waals surface area contributed by atoms with Crippen LogP contribution < -0.4 is 5.32 Å². The van der Waals surface area contributed by atoms with Gasteiger partial charge in [-0.15, -0.1) is 11.3 Å². The third kappa shape index (κ3) is 1.18. The summed E-state index contributed by atoms with van der Waals surface area (Å²) < 4.78 is 1.87. The van der Waals surface area contributed by atoms with Crippen molar-refractivity contribution in [2.75, 3.05) is 6.54 Å². The summed E-state index contributed by atoms with van der Waals surface area (Å²) in [6.45, 7) is 0.716. The number of nitrogens with zero attached hydrogens (tertiary/aromatic N) is 2. The number of thiazole rings is 1. The average Bonchev–Trinajstić information content (AvgIpc) is 2.75. The van der Waals surface area contributed by atoms with Crippen molar-refractivity contribution in [3.63, 3.8) is 0 Å². The van der Waals surface area contributed by atoms with Crippen molar-refractivity contribution < 1.29 is 9.90 Å². The number of aliphatic carboxylic acids is 1. The van der Waals surface area contributed by atoms with Crippen LogP contribution >= 0.6 is 11.3 Å². The molecular formula is C9H9N3O2S. The first kappa shape index (κ1) is 8.87. The minimum atomic E-state index is -0.829. The van der Waals surface area contributed by atoms with E-state index in [0.717, 1.165) is 22.0 Å². The highest BCUT2D eigenvalue weighted by atomic mass is 32.1. The molecule has 0 spiro atoms. The van der Waals surface area contributed by atoms with Gasteiger partial charge in [-0.3, -0.25) is 14.5 Å². The van der Waals surface area contributed by atoms with E-state index in [1.165, 1.54) is 0 Å². The van der Waals surface area contributed by atoms with Crippen molar-refractivity contribution in [2.45, 2.75) is 12.5 Å². The SMILES string of the molecule is O=C(O)C1NCCc2sc3nccn3c21. The van der Waals surface area contributed by atoms with Gasteiger partial charge in [0, 0.05) is 23.8 Å². The van der Waals surface area contributed by atoms with Crippen molar-refractivity contribution in [2.24, 2.45) is 0 Å². The summed E-state index contributed by atoms with van der Waals surface area (Å²) in [6.07, 6.45) is 4.39. The van der Waals surface area contributed by atoms with Crippen LogP contribution in [0.2, 0.25) is 0 Å². The molecule has 0 fully saturated rings. The number of rotatable bonds is 1. The van der Waals surface area contributed by atoms with Crippen molar-refractivity contribution >= 4 is 22.3 Å². The van der Waals surface area contributed by atoms with E-state index >= 15 is 0 Å². The molecule has 1 unspecified atom stereocenters. The number of carboxylic acid groups (broad SMARTS) is 1. The van der Waals surface area contributed by atoms with Gasteiger partial charge in [0.15, 0.2) is 4.96 Å². The predicted molar refractivity (Wildman–Crippen MR) is 55.2 cm³/mol. The molecular weight excluding hydrogens is 214 g/mol. The lowest BCUT2D eigenvalue weighted by molar-refractivity contribution is -0.139. The predicted octanol–water partition coefficient (Wildman–Crippen LogP) is 0.667. The number of imidazole rings is 1. The first-order chi connectivity index (χ1) is 7.27. The Morgan fingerprint density at radius 2 is 2.60 bits per heavy atom. The Kier molecular flexibility index (Phi) is 1.80. The molecule has 1 aliphatic rings. The van der Waals surface area contributed by atoms with Crippen LogP contribution in [0.1, 0.15) is 16.6 Å². The van der Waals surface area contributed by atoms with Gasteiger partial charge in [0.25, 0.3) is 0 Å². The first-order valence-corrected chi connectivity index (χ1v) is 5.50. The van der Waals surface area contributed by atoms with Gasteiger partial charge in [0.1, 0.15) is 6.04 Å². The van der Waals surface area contributed by atoms with Crippen molar-refractivity contribution in [3.8, 4) is 0 Å². The Balaban J connectivity index is 2.26. The molecule has 2 aromatic heterocycles. The van der Waals surface area contributed by atoms with Gasteiger partial charge < -0.3 is 5.11 Å². The van der Waals surface area contributed by atoms with E-state index in [2.05, 4.69) is 10.3 Å². The zero-order valence-corrected chi connectivity index (χ0v) is 8.62. The summed E-state index contributed by atoms with van der Waals surface area (Å²) >= 11 is 1.58. The highest BCUT2D eigenvalue weighted by Gasteiger charge is 2.30. The number of aromatic nitrogens is 2. The second-order valence-electron chi connectivity index (χ2n) is 3.47. The Bertz CT molecular complexity index is 530. The van der Waals surface area contributed by atoms with E-state index in [4.69, 9.17) is 5.11 Å². The number of hydrogen-bond donors (Lipinski definition) is 2. The summed E-state index contributed by atoms with van der Waals surface area (Å²) in [5, 5.41) is 12.1. The van der Waals surface area contributed by atoms with Crippen LogP contribution in [0, 0.1) is 0 Å². The van der Waals surface area contributed by atoms with Crippen molar-refractivity contribution in [1.82, 2.24) is 14.7 Å². The van der Waals surface area contributed by atoms with Crippen LogP contribution in [0.25, 0.3) is 4.96 Å². The fourth-order valence-electron chi connectivity index (χ4n) is 1.96. The van der Waals surface area contributed by atoms with Gasteiger partial charge in [0.2, 0.25) is 0 Å². The molecule has 1 atom stereocenters. The molecule has 1 aliphatic heterocycles. The lowest BCUT2D eigenvalue weighted by atomic mass is 10.1. The van der Waals surface area contributed by atoms with Gasteiger partial charge >= 0.3 is 5.97 Å². The molecule has 0 radical (unpaired) electrons. The Morgan fingerprint density at radius 1 is 1.73 bits per heavy atom. The molecule has 0 saturated heterocycles. The molecule has 0 amide bonds. The second kappa shape index (κ2) is 3.04. The zero-order valence-electron chi connectivity index (χ0n) is 7.80. The highest BCUT2D eigenvalue weighted by molar-refractivity contribution is 7.17. The summed E-state index contributed by atoms with van der Waals surface area (Å²) in [4.78, 5) is 17.3. The normalized spacial score (nSPS) is 20.4. The van der Waals surface area contributed by atoms with E-state index in [1.807, 2.05) is 10.6 Å². The van der Waals surface area contributed by atoms with Crippen LogP contribution in [0.5, 0.6) is 0 Å². The number of carboxylic acids is 1. The molecule has 6 heteroatoms. The molecule has 0 bridgehead atoms. The Labute approximate surface area is 89.4 Å². The first-order valence-electron chi connectivity index (χ1n) is 4.68. The topological polar surface area (TPSA) is 66.6 Å². The molecule has 2 N–H and O–H groups in total. The molecule has 3 heterocycles. The maximum absolute atomic E-state index is 11.1. The van der Waals surface area contributed by atoms with Gasteiger partial charge in [-0.25, -0.2) is 4.98 Å². The van der Waals surface area contributed by atoms with E-state index in [-0.39, 0.29) is 0 Å². The fraction of sp³-hybridized carbons (Fsp3) is 0.333. The third-order valence-corrected chi connectivity index (χ3v) is 3.73. The molecule has 2 aromatic rings. The lowest BCUT2D eigenvalue weighted by Crippen LogP contribution is -2.35. The molecule has 3 rings (SSSR count). The Hall–Kier alpha value is -1.40. The number of nitrogens with one attached hydrogen (secondary N) is 1. The van der Waals surface area contributed by atoms with E-state index in [0.29, 0.717) is 6.54 Å². The van der Waals surface area contributed by atoms with Crippen LogP contribution in [-0.2, 0) is 11.2 Å². The number of hydrogen-bond acceptors (Lipinski definition) is 4. The Morgan fingerprint density at radius 3 is 3.40 bits per heavy atom. The summed E-state index contributed by atoms with van der Waals surface area (Å²) in [6, 6.07) is -0.600. The van der Waals surface area contributed by atoms with E-state index in [9.17, 15) is 4.79 Å². The number of carbonyl (C=O) groups is 1. The molecule has 5 nitrogen and oxygen atoms in total. The van der Waals surface area contributed by atoms with Crippen LogP contribution in [0.4, 0.5) is 0 Å². The molecule has 15 heavy (non-hydrogen) atoms. The van der Waals surface area contributed by atoms with Gasteiger partial charge in [-0.05, 0) is 6.42 Å². The second-order valence-corrected chi connectivity index (χ2v) is 4.53. The molecule has 0 saturated carbocycles. The maximum Gasteiger partial charge on any atom is 0.326 e. The summed E-state index contributed by atoms with van der Waals surface area (Å²) in [5.41, 5.74) is 0.839. The molecule has 0 aliphatic carbocycles. The standard InChI is InChI=1S/C9H9N3O2S/c13-8(14)6-7-5(1-2-10-6)15-9-11-3-4-12(7)9/h3-4,6,10H,1-2H2,(H,13,14). The zero-order chi connectivity index (χ0) is 10.4. The van der Waals surface area contributed by atoms with E-state index in [1.54, 1.807) is 17.5 Å². The van der Waals surface area contributed by atoms with Gasteiger partial charge in [-0.1, -0.05) is 0 Å². The van der Waals surface area contributed by atoms with Crippen molar-refractivity contribution in [1.29, 1.82) is 0 Å². The lowest BCUT2D eigenvalue weighted by Gasteiger charge is -2.20. The van der Waals surface area contributed by atoms with Gasteiger partial charge in [-0.2, -0.15) is 0 Å². The van der Waals surface area contributed by atoms with Crippen LogP contribution in [0.3, 0.4) is 0 Å². The summed E-state index contributed by atoms with van der Waals surface area (Å²) in [7, 11) is 0. The van der Waals surface area contributed by atoms with E-state index < -0.39 is 12.0 Å². The van der Waals surface area contributed by atoms with Gasteiger partial charge in [0.05, 0.1) is 5.69 Å². The minimum absolute atomic E-state index is 0.600. The summed E-state index contributed by atoms with van der Waals surface area (Å²) in [5.74, 6) is -0.829. The minimum Gasteiger partial charge on any atom is -0.480 e. The molecule has 0 aromatic carbocycles. The van der Waals surface area contributed by atoms with Crippen LogP contribution in [0.15, 0.2) is 12.4 Å². The largest absolute Gasteiger partial charge is 0.480 e. The maximum atomic E-state index is 11.1. The average molecular weight is 223 g/mol. The molecule has 78 valence electrons. The smallest absolute Gasteiger partial charge is 0.326 e. The number of fused-ring (bicyclic) bond motifs is 3.